The second-order valence-electron chi connectivity index (χ2n) is 7.53. The van der Waals surface area contributed by atoms with Crippen LogP contribution in [0, 0.1) is 0 Å². The molecule has 0 aliphatic rings. The van der Waals surface area contributed by atoms with Crippen molar-refractivity contribution in [2.45, 2.75) is 13.0 Å². The lowest BCUT2D eigenvalue weighted by atomic mass is 10.1. The highest BCUT2D eigenvalue weighted by Crippen LogP contribution is 2.29. The average Bonchev–Trinajstić information content (AvgIpc) is 3.30. The van der Waals surface area contributed by atoms with Crippen LogP contribution in [0.15, 0.2) is 67.0 Å². The molecule has 5 N–H and O–H groups in total. The molecule has 0 spiro atoms. The Kier molecular flexibility index (Phi) is 7.13. The van der Waals surface area contributed by atoms with Gasteiger partial charge in [-0.25, -0.2) is 15.4 Å². The summed E-state index contributed by atoms with van der Waals surface area (Å²) < 4.78 is 5.68. The van der Waals surface area contributed by atoms with Crippen LogP contribution in [0.5, 0.6) is 5.75 Å². The Morgan fingerprint density at radius 1 is 1.12 bits per heavy atom. The fourth-order valence-corrected chi connectivity index (χ4v) is 3.45. The first kappa shape index (κ1) is 22.3. The Labute approximate surface area is 191 Å². The molecule has 1 atom stereocenters. The van der Waals surface area contributed by atoms with E-state index in [0.717, 1.165) is 33.9 Å². The Bertz CT molecular complexity index is 1190. The molecule has 2 aromatic carbocycles. The monoisotopic (exact) mass is 446 g/mol. The van der Waals surface area contributed by atoms with Crippen LogP contribution >= 0.6 is 0 Å². The molecule has 33 heavy (non-hydrogen) atoms. The summed E-state index contributed by atoms with van der Waals surface area (Å²) in [6.07, 6.45) is 1.55. The lowest BCUT2D eigenvalue weighted by Gasteiger charge is -2.15. The van der Waals surface area contributed by atoms with Crippen LogP contribution in [0.25, 0.3) is 22.3 Å². The molecule has 1 amide bonds. The summed E-state index contributed by atoms with van der Waals surface area (Å²) in [5, 5.41) is 15.7. The number of nitrogens with zero attached hydrogens (tertiary/aromatic N) is 2. The summed E-state index contributed by atoms with van der Waals surface area (Å²) in [5.74, 6) is 1.01. The molecule has 9 heteroatoms. The lowest BCUT2D eigenvalue weighted by Crippen LogP contribution is -2.33. The van der Waals surface area contributed by atoms with Crippen molar-refractivity contribution in [3.05, 3.63) is 72.6 Å². The maximum atomic E-state index is 10.9. The number of amides is 1. The molecule has 4 aromatic rings. The van der Waals surface area contributed by atoms with E-state index < -0.39 is 5.91 Å². The van der Waals surface area contributed by atoms with Gasteiger partial charge in [0, 0.05) is 18.3 Å². The SMILES string of the molecule is C[C@@H](Nc1ncnc2[nH]c(-c3ccc(OCCNCC(=O)NO)cc3)cc12)c1ccccc1. The first-order valence-electron chi connectivity index (χ1n) is 10.7. The molecule has 0 bridgehead atoms. The smallest absolute Gasteiger partial charge is 0.257 e. The molecular formula is C24H26N6O3. The van der Waals surface area contributed by atoms with Crippen molar-refractivity contribution in [3.63, 3.8) is 0 Å². The number of hydrogen-bond acceptors (Lipinski definition) is 7. The average molecular weight is 447 g/mol. The van der Waals surface area contributed by atoms with Gasteiger partial charge in [-0.15, -0.1) is 0 Å². The van der Waals surface area contributed by atoms with Gasteiger partial charge in [0.25, 0.3) is 5.91 Å². The molecule has 4 rings (SSSR count). The molecule has 0 fully saturated rings. The van der Waals surface area contributed by atoms with Gasteiger partial charge in [-0.3, -0.25) is 10.0 Å². The van der Waals surface area contributed by atoms with E-state index in [4.69, 9.17) is 9.94 Å². The minimum absolute atomic E-state index is 0.0308. The Hall–Kier alpha value is -3.95. The molecule has 0 radical (unpaired) electrons. The Morgan fingerprint density at radius 2 is 1.91 bits per heavy atom. The summed E-state index contributed by atoms with van der Waals surface area (Å²) in [5.41, 5.74) is 5.45. The number of benzene rings is 2. The number of anilines is 1. The maximum Gasteiger partial charge on any atom is 0.257 e. The summed E-state index contributed by atoms with van der Waals surface area (Å²) in [7, 11) is 0. The van der Waals surface area contributed by atoms with Gasteiger partial charge in [0.1, 0.15) is 30.1 Å². The zero-order valence-corrected chi connectivity index (χ0v) is 18.2. The third-order valence-corrected chi connectivity index (χ3v) is 5.20. The highest BCUT2D eigenvalue weighted by Gasteiger charge is 2.12. The fraction of sp³-hybridized carbons (Fsp3) is 0.208. The normalized spacial score (nSPS) is 11.8. The van der Waals surface area contributed by atoms with E-state index >= 15 is 0 Å². The molecule has 0 saturated carbocycles. The van der Waals surface area contributed by atoms with Gasteiger partial charge in [-0.1, -0.05) is 30.3 Å². The highest BCUT2D eigenvalue weighted by molar-refractivity contribution is 5.91. The number of carbonyl (C=O) groups is 1. The Morgan fingerprint density at radius 3 is 2.67 bits per heavy atom. The van der Waals surface area contributed by atoms with Crippen molar-refractivity contribution in [1.29, 1.82) is 0 Å². The quantitative estimate of drug-likeness (QED) is 0.144. The number of ether oxygens (including phenoxy) is 1. The van der Waals surface area contributed by atoms with E-state index in [-0.39, 0.29) is 12.6 Å². The molecule has 2 heterocycles. The number of H-pyrrole nitrogens is 1. The fourth-order valence-electron chi connectivity index (χ4n) is 3.45. The lowest BCUT2D eigenvalue weighted by molar-refractivity contribution is -0.128. The molecular weight excluding hydrogens is 420 g/mol. The molecule has 0 aliphatic heterocycles. The van der Waals surface area contributed by atoms with Crippen LogP contribution < -0.4 is 20.9 Å². The standard InChI is InChI=1S/C24H26N6O3/c1-16(17-5-3-2-4-6-17)28-23-20-13-21(29-24(20)27-15-26-23)18-7-9-19(10-8-18)33-12-11-25-14-22(31)30-32/h2-10,13,15-16,25,32H,11-12,14H2,1H3,(H,30,31)(H2,26,27,28,29)/t16-/m1/s1. The molecule has 0 saturated heterocycles. The van der Waals surface area contributed by atoms with Crippen molar-refractivity contribution in [3.8, 4) is 17.0 Å². The van der Waals surface area contributed by atoms with Gasteiger partial charge in [0.05, 0.1) is 11.9 Å². The van der Waals surface area contributed by atoms with E-state index in [0.29, 0.717) is 13.2 Å². The van der Waals surface area contributed by atoms with E-state index in [9.17, 15) is 4.79 Å². The van der Waals surface area contributed by atoms with E-state index in [2.05, 4.69) is 44.6 Å². The van der Waals surface area contributed by atoms with Crippen molar-refractivity contribution in [1.82, 2.24) is 25.7 Å². The van der Waals surface area contributed by atoms with Crippen LogP contribution in [0.4, 0.5) is 5.82 Å². The number of aromatic amines is 1. The number of fused-ring (bicyclic) bond motifs is 1. The second-order valence-corrected chi connectivity index (χ2v) is 7.53. The van der Waals surface area contributed by atoms with Crippen LogP contribution in [0.1, 0.15) is 18.5 Å². The van der Waals surface area contributed by atoms with E-state index in [1.54, 1.807) is 11.8 Å². The van der Waals surface area contributed by atoms with Crippen molar-refractivity contribution >= 4 is 22.8 Å². The van der Waals surface area contributed by atoms with Crippen LogP contribution in [0.3, 0.4) is 0 Å². The third-order valence-electron chi connectivity index (χ3n) is 5.20. The van der Waals surface area contributed by atoms with Crippen LogP contribution in [0.2, 0.25) is 0 Å². The molecule has 0 aliphatic carbocycles. The first-order chi connectivity index (χ1) is 16.1. The summed E-state index contributed by atoms with van der Waals surface area (Å²) in [6, 6.07) is 20.1. The zero-order valence-electron chi connectivity index (χ0n) is 18.2. The van der Waals surface area contributed by atoms with Crippen LogP contribution in [-0.2, 0) is 4.79 Å². The molecule has 9 nitrogen and oxygen atoms in total. The number of hydroxylamine groups is 1. The maximum absolute atomic E-state index is 10.9. The number of aromatic nitrogens is 3. The second kappa shape index (κ2) is 10.6. The van der Waals surface area contributed by atoms with Gasteiger partial charge >= 0.3 is 0 Å². The predicted molar refractivity (Wildman–Crippen MR) is 126 cm³/mol. The first-order valence-corrected chi connectivity index (χ1v) is 10.7. The summed E-state index contributed by atoms with van der Waals surface area (Å²) in [6.45, 7) is 3.01. The van der Waals surface area contributed by atoms with Gasteiger partial charge in [-0.2, -0.15) is 0 Å². The highest BCUT2D eigenvalue weighted by atomic mass is 16.5. The zero-order chi connectivity index (χ0) is 23.0. The summed E-state index contributed by atoms with van der Waals surface area (Å²) in [4.78, 5) is 23.1. The number of carbonyl (C=O) groups excluding carboxylic acids is 1. The van der Waals surface area contributed by atoms with Crippen LogP contribution in [-0.4, -0.2) is 45.8 Å². The number of hydrogen-bond donors (Lipinski definition) is 5. The van der Waals surface area contributed by atoms with E-state index in [1.165, 1.54) is 5.56 Å². The van der Waals surface area contributed by atoms with Gasteiger partial charge in [-0.05, 0) is 48.4 Å². The minimum Gasteiger partial charge on any atom is -0.492 e. The minimum atomic E-state index is -0.491. The number of rotatable bonds is 10. The van der Waals surface area contributed by atoms with Gasteiger partial charge in [0.15, 0.2) is 0 Å². The van der Waals surface area contributed by atoms with E-state index in [1.807, 2.05) is 48.5 Å². The van der Waals surface area contributed by atoms with Gasteiger partial charge in [0.2, 0.25) is 0 Å². The van der Waals surface area contributed by atoms with Crippen molar-refractivity contribution in [2.24, 2.45) is 0 Å². The number of nitrogens with one attached hydrogen (secondary N) is 4. The molecule has 0 unspecified atom stereocenters. The largest absolute Gasteiger partial charge is 0.492 e. The Balaban J connectivity index is 1.41. The predicted octanol–water partition coefficient (Wildman–Crippen LogP) is 3.27. The van der Waals surface area contributed by atoms with Crippen molar-refractivity contribution < 1.29 is 14.7 Å². The third kappa shape index (κ3) is 5.65. The van der Waals surface area contributed by atoms with Crippen molar-refractivity contribution in [2.75, 3.05) is 25.0 Å². The summed E-state index contributed by atoms with van der Waals surface area (Å²) >= 11 is 0. The molecule has 170 valence electrons. The van der Waals surface area contributed by atoms with Gasteiger partial charge < -0.3 is 20.4 Å². The topological polar surface area (TPSA) is 124 Å². The molecule has 2 aromatic heterocycles.